The maximum Gasteiger partial charge on any atom is 0.132 e. The lowest BCUT2D eigenvalue weighted by atomic mass is 10.1. The second-order valence-electron chi connectivity index (χ2n) is 7.66. The van der Waals surface area contributed by atoms with Gasteiger partial charge in [-0.2, -0.15) is 0 Å². The van der Waals surface area contributed by atoms with E-state index in [-0.39, 0.29) is 17.1 Å². The summed E-state index contributed by atoms with van der Waals surface area (Å²) in [6.07, 6.45) is 4.77. The van der Waals surface area contributed by atoms with Gasteiger partial charge in [0.25, 0.3) is 0 Å². The smallest absolute Gasteiger partial charge is 0.132 e. The minimum absolute atomic E-state index is 0. The molecule has 0 unspecified atom stereocenters. The lowest BCUT2D eigenvalue weighted by Gasteiger charge is -2.44. The minimum Gasteiger partial charge on any atom is -0.627 e. The van der Waals surface area contributed by atoms with E-state index in [2.05, 4.69) is 26.3 Å². The van der Waals surface area contributed by atoms with Crippen molar-refractivity contribution < 1.29 is 0 Å². The number of H-pyrrole nitrogens is 1. The minimum atomic E-state index is -0.202. The van der Waals surface area contributed by atoms with Gasteiger partial charge in [-0.05, 0) is 56.5 Å². The molecule has 150 valence electrons. The number of aryl methyl sites for hydroxylation is 1. The SMILES string of the molecule is Cc1cc(Nc2ccc([N+]3([O-])CCCCC3)cc2)c2c(ccc3ncnc32)[nH]1.Cl. The molecule has 3 heterocycles. The molecule has 1 aliphatic heterocycles. The number of fused-ring (bicyclic) bond motifs is 3. The number of rotatable bonds is 3. The zero-order chi connectivity index (χ0) is 19.1. The van der Waals surface area contributed by atoms with Crippen LogP contribution in [0.15, 0.2) is 48.8 Å². The van der Waals surface area contributed by atoms with Gasteiger partial charge in [0.05, 0.1) is 24.3 Å². The van der Waals surface area contributed by atoms with Gasteiger partial charge in [-0.25, -0.2) is 9.97 Å². The first-order chi connectivity index (χ1) is 13.6. The summed E-state index contributed by atoms with van der Waals surface area (Å²) in [4.78, 5) is 12.2. The first-order valence-electron chi connectivity index (χ1n) is 9.81. The predicted octanol–water partition coefficient (Wildman–Crippen LogP) is 5.57. The van der Waals surface area contributed by atoms with E-state index in [4.69, 9.17) is 0 Å². The molecule has 1 saturated heterocycles. The summed E-state index contributed by atoms with van der Waals surface area (Å²) in [5.41, 5.74) is 6.62. The Kier molecular flexibility index (Phi) is 5.17. The molecule has 1 fully saturated rings. The van der Waals surface area contributed by atoms with Crippen LogP contribution in [0.2, 0.25) is 0 Å². The molecule has 2 aromatic carbocycles. The van der Waals surface area contributed by atoms with Crippen molar-refractivity contribution in [1.82, 2.24) is 19.6 Å². The summed E-state index contributed by atoms with van der Waals surface area (Å²) < 4.78 is -0.202. The number of imidazole rings is 1. The monoisotopic (exact) mass is 409 g/mol. The first-order valence-corrected chi connectivity index (χ1v) is 9.81. The Morgan fingerprint density at radius 3 is 2.52 bits per heavy atom. The van der Waals surface area contributed by atoms with Gasteiger partial charge >= 0.3 is 0 Å². The largest absolute Gasteiger partial charge is 0.627 e. The van der Waals surface area contributed by atoms with Crippen molar-refractivity contribution in [3.63, 3.8) is 0 Å². The van der Waals surface area contributed by atoms with E-state index >= 15 is 0 Å². The molecule has 0 spiro atoms. The van der Waals surface area contributed by atoms with Gasteiger partial charge in [-0.15, -0.1) is 12.4 Å². The normalized spacial score (nSPS) is 15.9. The maximum absolute atomic E-state index is 13.0. The highest BCUT2D eigenvalue weighted by Gasteiger charge is 2.23. The molecule has 5 rings (SSSR count). The lowest BCUT2D eigenvalue weighted by molar-refractivity contribution is 0.307. The number of hydrogen-bond acceptors (Lipinski definition) is 4. The fourth-order valence-electron chi connectivity index (χ4n) is 4.23. The number of hydrogen-bond donors (Lipinski definition) is 2. The number of hydroxylamine groups is 2. The number of aromatic amines is 1. The van der Waals surface area contributed by atoms with Gasteiger partial charge in [-0.1, -0.05) is 0 Å². The van der Waals surface area contributed by atoms with Gasteiger partial charge in [0.15, 0.2) is 0 Å². The molecule has 0 bridgehead atoms. The Bertz CT molecular complexity index is 1150. The van der Waals surface area contributed by atoms with Crippen LogP contribution in [0, 0.1) is 12.1 Å². The molecular weight excluding hydrogens is 386 g/mol. The second-order valence-corrected chi connectivity index (χ2v) is 7.66. The first kappa shape index (κ1) is 19.6. The van der Waals surface area contributed by atoms with E-state index in [1.54, 1.807) is 6.33 Å². The summed E-state index contributed by atoms with van der Waals surface area (Å²) in [5, 5.41) is 17.6. The predicted molar refractivity (Wildman–Crippen MR) is 122 cm³/mol. The van der Waals surface area contributed by atoms with E-state index in [0.29, 0.717) is 13.1 Å². The Labute approximate surface area is 175 Å². The fourth-order valence-corrected chi connectivity index (χ4v) is 4.23. The molecule has 0 aliphatic carbocycles. The van der Waals surface area contributed by atoms with Gasteiger partial charge in [0, 0.05) is 34.4 Å². The Morgan fingerprint density at radius 2 is 1.76 bits per heavy atom. The summed E-state index contributed by atoms with van der Waals surface area (Å²) >= 11 is 0. The van der Waals surface area contributed by atoms with Crippen LogP contribution in [0.5, 0.6) is 0 Å². The molecule has 0 amide bonds. The van der Waals surface area contributed by atoms with Crippen LogP contribution in [0.25, 0.3) is 21.9 Å². The highest BCUT2D eigenvalue weighted by molar-refractivity contribution is 6.10. The van der Waals surface area contributed by atoms with Crippen molar-refractivity contribution in [3.8, 4) is 0 Å². The molecule has 0 radical (unpaired) electrons. The highest BCUT2D eigenvalue weighted by Crippen LogP contribution is 2.33. The van der Waals surface area contributed by atoms with Crippen molar-refractivity contribution in [2.24, 2.45) is 0 Å². The van der Waals surface area contributed by atoms with Crippen LogP contribution in [-0.2, 0) is 0 Å². The molecule has 0 atom stereocenters. The number of halogens is 1. The second kappa shape index (κ2) is 7.63. The summed E-state index contributed by atoms with van der Waals surface area (Å²) in [5.74, 6) is 0. The third kappa shape index (κ3) is 3.55. The van der Waals surface area contributed by atoms with Crippen LogP contribution >= 0.6 is 12.4 Å². The van der Waals surface area contributed by atoms with Gasteiger partial charge < -0.3 is 20.2 Å². The average molecular weight is 410 g/mol. The van der Waals surface area contributed by atoms with Crippen LogP contribution in [-0.4, -0.2) is 28.0 Å². The van der Waals surface area contributed by atoms with E-state index in [1.807, 2.05) is 43.3 Å². The van der Waals surface area contributed by atoms with Crippen LogP contribution in [0.3, 0.4) is 0 Å². The van der Waals surface area contributed by atoms with Crippen LogP contribution < -0.4 is 9.96 Å². The zero-order valence-electron chi connectivity index (χ0n) is 16.3. The molecule has 0 saturated carbocycles. The molecular formula is C22H24ClN5O. The fraction of sp³-hybridized carbons (Fsp3) is 0.273. The average Bonchev–Trinajstić information content (AvgIpc) is 3.17. The van der Waals surface area contributed by atoms with Gasteiger partial charge in [0.2, 0.25) is 0 Å². The number of piperidine rings is 1. The highest BCUT2D eigenvalue weighted by atomic mass is 35.5. The molecule has 29 heavy (non-hydrogen) atoms. The van der Waals surface area contributed by atoms with Crippen molar-refractivity contribution in [3.05, 3.63) is 59.7 Å². The number of pyridine rings is 1. The standard InChI is InChI=1S/C22H23N5O.ClH/c1-15-13-20(21-18(25-15)9-10-19-22(21)24-14-23-19)26-16-5-7-17(8-6-16)27(28)11-3-2-4-12-27;/h5-10,13-14,25-26H,2-4,11-12H2,1H3;1H. The van der Waals surface area contributed by atoms with E-state index < -0.39 is 0 Å². The Balaban J connectivity index is 0.00000205. The molecule has 1 aliphatic rings. The summed E-state index contributed by atoms with van der Waals surface area (Å²) in [7, 11) is 0. The quantitative estimate of drug-likeness (QED) is 0.342. The Morgan fingerprint density at radius 1 is 1.00 bits per heavy atom. The number of anilines is 2. The van der Waals surface area contributed by atoms with Crippen molar-refractivity contribution >= 4 is 51.4 Å². The third-order valence-electron chi connectivity index (χ3n) is 5.66. The number of quaternary nitrogens is 1. The molecule has 4 aromatic rings. The number of benzene rings is 2. The zero-order valence-corrected chi connectivity index (χ0v) is 17.1. The van der Waals surface area contributed by atoms with E-state index in [0.717, 1.165) is 57.5 Å². The van der Waals surface area contributed by atoms with Crippen LogP contribution in [0.1, 0.15) is 25.0 Å². The van der Waals surface area contributed by atoms with E-state index in [1.165, 1.54) is 6.42 Å². The Hall–Kier alpha value is -2.67. The molecule has 6 nitrogen and oxygen atoms in total. The van der Waals surface area contributed by atoms with Gasteiger partial charge in [0.1, 0.15) is 17.5 Å². The maximum atomic E-state index is 13.0. The number of nitrogens with one attached hydrogen (secondary N) is 2. The lowest BCUT2D eigenvalue weighted by Crippen LogP contribution is -2.47. The van der Waals surface area contributed by atoms with Crippen LogP contribution in [0.4, 0.5) is 17.1 Å². The topological polar surface area (TPSA) is 76.7 Å². The van der Waals surface area contributed by atoms with Crippen molar-refractivity contribution in [1.29, 1.82) is 0 Å². The number of aromatic nitrogens is 3. The molecule has 7 heteroatoms. The van der Waals surface area contributed by atoms with Gasteiger partial charge in [-0.3, -0.25) is 0 Å². The number of nitrogens with zero attached hydrogens (tertiary/aromatic N) is 3. The van der Waals surface area contributed by atoms with Crippen molar-refractivity contribution in [2.45, 2.75) is 26.2 Å². The molecule has 2 aromatic heterocycles. The van der Waals surface area contributed by atoms with E-state index in [9.17, 15) is 5.21 Å². The molecule has 2 N–H and O–H groups in total. The summed E-state index contributed by atoms with van der Waals surface area (Å²) in [6.45, 7) is 3.40. The third-order valence-corrected chi connectivity index (χ3v) is 5.66. The van der Waals surface area contributed by atoms with Crippen molar-refractivity contribution in [2.75, 3.05) is 18.4 Å². The summed E-state index contributed by atoms with van der Waals surface area (Å²) in [6, 6.07) is 14.0.